The highest BCUT2D eigenvalue weighted by atomic mass is 32.1. The van der Waals surface area contributed by atoms with Crippen LogP contribution in [0.15, 0.2) is 0 Å². The number of thiol groups is 1. The van der Waals surface area contributed by atoms with Crippen molar-refractivity contribution in [1.82, 2.24) is 4.90 Å². The molecule has 0 bridgehead atoms. The predicted molar refractivity (Wildman–Crippen MR) is 66.2 cm³/mol. The van der Waals surface area contributed by atoms with Gasteiger partial charge in [-0.2, -0.15) is 12.6 Å². The molecule has 0 aromatic carbocycles. The van der Waals surface area contributed by atoms with Crippen LogP contribution in [0, 0.1) is 5.92 Å². The van der Waals surface area contributed by atoms with Crippen LogP contribution in [0.1, 0.15) is 26.2 Å². The molecule has 0 amide bonds. The van der Waals surface area contributed by atoms with Crippen molar-refractivity contribution >= 4 is 12.6 Å². The number of rotatable bonds is 9. The molecule has 0 aliphatic carbocycles. The van der Waals surface area contributed by atoms with Gasteiger partial charge in [0.05, 0.1) is 0 Å². The zero-order valence-corrected chi connectivity index (χ0v) is 10.7. The lowest BCUT2D eigenvalue weighted by Crippen LogP contribution is -2.23. The van der Waals surface area contributed by atoms with Gasteiger partial charge in [-0.05, 0) is 44.5 Å². The van der Waals surface area contributed by atoms with Gasteiger partial charge in [-0.1, -0.05) is 6.92 Å². The van der Waals surface area contributed by atoms with E-state index < -0.39 is 0 Å². The van der Waals surface area contributed by atoms with E-state index in [0.29, 0.717) is 0 Å². The molecule has 0 heterocycles. The third-order valence-corrected chi connectivity index (χ3v) is 2.77. The second-order valence-electron chi connectivity index (χ2n) is 4.06. The molecular weight excluding hydrogens is 194 g/mol. The Hall–Kier alpha value is 0.270. The van der Waals surface area contributed by atoms with E-state index in [1.54, 1.807) is 7.11 Å². The Kier molecular flexibility index (Phi) is 10.0. The largest absolute Gasteiger partial charge is 0.385 e. The van der Waals surface area contributed by atoms with E-state index in [9.17, 15) is 0 Å². The maximum absolute atomic E-state index is 5.02. The van der Waals surface area contributed by atoms with Crippen molar-refractivity contribution in [2.24, 2.45) is 5.92 Å². The molecule has 0 radical (unpaired) electrons. The Morgan fingerprint density at radius 2 is 2.00 bits per heavy atom. The van der Waals surface area contributed by atoms with Crippen molar-refractivity contribution in [3.8, 4) is 0 Å². The molecular formula is C11H25NOS. The van der Waals surface area contributed by atoms with Crippen LogP contribution in [0.4, 0.5) is 0 Å². The monoisotopic (exact) mass is 219 g/mol. The average molecular weight is 219 g/mol. The normalized spacial score (nSPS) is 13.5. The van der Waals surface area contributed by atoms with E-state index in [1.807, 2.05) is 0 Å². The van der Waals surface area contributed by atoms with Gasteiger partial charge in [-0.3, -0.25) is 0 Å². The summed E-state index contributed by atoms with van der Waals surface area (Å²) in [6, 6.07) is 0. The summed E-state index contributed by atoms with van der Waals surface area (Å²) in [6.07, 6.45) is 3.65. The molecule has 0 aliphatic heterocycles. The number of hydrogen-bond donors (Lipinski definition) is 1. The molecule has 0 saturated heterocycles. The van der Waals surface area contributed by atoms with Gasteiger partial charge in [0.25, 0.3) is 0 Å². The Balaban J connectivity index is 3.29. The summed E-state index contributed by atoms with van der Waals surface area (Å²) in [6.45, 7) is 5.51. The van der Waals surface area contributed by atoms with Crippen molar-refractivity contribution in [2.45, 2.75) is 26.2 Å². The SMILES string of the molecule is COCCCN(C)CCC(C)CCS. The zero-order valence-electron chi connectivity index (χ0n) is 9.83. The predicted octanol–water partition coefficient (Wildman–Crippen LogP) is 2.30. The van der Waals surface area contributed by atoms with Gasteiger partial charge in [-0.15, -0.1) is 0 Å². The van der Waals surface area contributed by atoms with Gasteiger partial charge < -0.3 is 9.64 Å². The molecule has 0 rings (SSSR count). The summed E-state index contributed by atoms with van der Waals surface area (Å²) < 4.78 is 5.02. The van der Waals surface area contributed by atoms with Crippen LogP contribution in [0.5, 0.6) is 0 Å². The van der Waals surface area contributed by atoms with Crippen molar-refractivity contribution < 1.29 is 4.74 Å². The lowest BCUT2D eigenvalue weighted by Gasteiger charge is -2.18. The highest BCUT2D eigenvalue weighted by molar-refractivity contribution is 7.80. The van der Waals surface area contributed by atoms with Crippen LogP contribution in [-0.2, 0) is 4.74 Å². The summed E-state index contributed by atoms with van der Waals surface area (Å²) >= 11 is 4.24. The molecule has 14 heavy (non-hydrogen) atoms. The fourth-order valence-electron chi connectivity index (χ4n) is 1.40. The van der Waals surface area contributed by atoms with Crippen LogP contribution in [0.2, 0.25) is 0 Å². The minimum Gasteiger partial charge on any atom is -0.385 e. The molecule has 3 heteroatoms. The maximum Gasteiger partial charge on any atom is 0.0474 e. The fourth-order valence-corrected chi connectivity index (χ4v) is 1.84. The minimum absolute atomic E-state index is 0.803. The summed E-state index contributed by atoms with van der Waals surface area (Å²) in [5.41, 5.74) is 0. The quantitative estimate of drug-likeness (QED) is 0.472. The lowest BCUT2D eigenvalue weighted by atomic mass is 10.1. The van der Waals surface area contributed by atoms with E-state index >= 15 is 0 Å². The summed E-state index contributed by atoms with van der Waals surface area (Å²) in [5, 5.41) is 0. The molecule has 0 aliphatic rings. The lowest BCUT2D eigenvalue weighted by molar-refractivity contribution is 0.177. The molecule has 0 aromatic heterocycles. The molecule has 1 unspecified atom stereocenters. The van der Waals surface area contributed by atoms with Gasteiger partial charge in [0.15, 0.2) is 0 Å². The van der Waals surface area contributed by atoms with Gasteiger partial charge in [0, 0.05) is 20.3 Å². The first-order valence-electron chi connectivity index (χ1n) is 5.49. The molecule has 86 valence electrons. The molecule has 0 aromatic rings. The highest BCUT2D eigenvalue weighted by Crippen LogP contribution is 2.08. The number of methoxy groups -OCH3 is 1. The Labute approximate surface area is 94.4 Å². The van der Waals surface area contributed by atoms with Gasteiger partial charge in [0.1, 0.15) is 0 Å². The van der Waals surface area contributed by atoms with Crippen LogP contribution in [0.25, 0.3) is 0 Å². The smallest absolute Gasteiger partial charge is 0.0474 e. The first kappa shape index (κ1) is 14.3. The van der Waals surface area contributed by atoms with Crippen LogP contribution >= 0.6 is 12.6 Å². The van der Waals surface area contributed by atoms with Crippen molar-refractivity contribution in [3.05, 3.63) is 0 Å². The Bertz CT molecular complexity index is 122. The van der Waals surface area contributed by atoms with Crippen LogP contribution in [-0.4, -0.2) is 44.5 Å². The number of nitrogens with zero attached hydrogens (tertiary/aromatic N) is 1. The Morgan fingerprint density at radius 3 is 2.57 bits per heavy atom. The first-order chi connectivity index (χ1) is 6.70. The van der Waals surface area contributed by atoms with E-state index in [-0.39, 0.29) is 0 Å². The molecule has 1 atom stereocenters. The topological polar surface area (TPSA) is 12.5 Å². The van der Waals surface area contributed by atoms with Crippen LogP contribution < -0.4 is 0 Å². The molecule has 0 saturated carbocycles. The first-order valence-corrected chi connectivity index (χ1v) is 6.12. The summed E-state index contributed by atoms with van der Waals surface area (Å²) in [7, 11) is 3.94. The summed E-state index contributed by atoms with van der Waals surface area (Å²) in [4.78, 5) is 2.38. The third-order valence-electron chi connectivity index (χ3n) is 2.51. The second kappa shape index (κ2) is 9.81. The number of hydrogen-bond acceptors (Lipinski definition) is 3. The van der Waals surface area contributed by atoms with E-state index in [4.69, 9.17) is 4.74 Å². The number of ether oxygens (including phenoxy) is 1. The molecule has 0 N–H and O–H groups in total. The second-order valence-corrected chi connectivity index (χ2v) is 4.50. The third kappa shape index (κ3) is 8.85. The molecule has 0 fully saturated rings. The average Bonchev–Trinajstić information content (AvgIpc) is 2.16. The van der Waals surface area contributed by atoms with Crippen molar-refractivity contribution in [3.63, 3.8) is 0 Å². The standard InChI is InChI=1S/C11H25NOS/c1-11(6-10-14)5-8-12(2)7-4-9-13-3/h11,14H,4-10H2,1-3H3. The van der Waals surface area contributed by atoms with Crippen molar-refractivity contribution in [2.75, 3.05) is 39.6 Å². The minimum atomic E-state index is 0.803. The Morgan fingerprint density at radius 1 is 1.29 bits per heavy atom. The van der Waals surface area contributed by atoms with Crippen LogP contribution in [0.3, 0.4) is 0 Å². The zero-order chi connectivity index (χ0) is 10.8. The van der Waals surface area contributed by atoms with Crippen molar-refractivity contribution in [1.29, 1.82) is 0 Å². The van der Waals surface area contributed by atoms with E-state index in [0.717, 1.165) is 31.2 Å². The summed E-state index contributed by atoms with van der Waals surface area (Å²) in [5.74, 6) is 1.81. The highest BCUT2D eigenvalue weighted by Gasteiger charge is 2.03. The van der Waals surface area contributed by atoms with Gasteiger partial charge in [0.2, 0.25) is 0 Å². The fraction of sp³-hybridized carbons (Fsp3) is 1.00. The van der Waals surface area contributed by atoms with Gasteiger partial charge in [-0.25, -0.2) is 0 Å². The molecule has 0 spiro atoms. The van der Waals surface area contributed by atoms with Gasteiger partial charge >= 0.3 is 0 Å². The van der Waals surface area contributed by atoms with E-state index in [2.05, 4.69) is 31.5 Å². The molecule has 2 nitrogen and oxygen atoms in total. The van der Waals surface area contributed by atoms with E-state index in [1.165, 1.54) is 19.4 Å². The maximum atomic E-state index is 5.02.